The van der Waals surface area contributed by atoms with Gasteiger partial charge in [-0.1, -0.05) is 29.8 Å². The first-order valence-corrected chi connectivity index (χ1v) is 11.7. The van der Waals surface area contributed by atoms with Crippen molar-refractivity contribution in [3.63, 3.8) is 0 Å². The smallest absolute Gasteiger partial charge is 0.255 e. The predicted molar refractivity (Wildman–Crippen MR) is 121 cm³/mol. The molecule has 0 saturated carbocycles. The summed E-state index contributed by atoms with van der Waals surface area (Å²) in [5.41, 5.74) is 3.43. The van der Waals surface area contributed by atoms with Gasteiger partial charge < -0.3 is 4.90 Å². The highest BCUT2D eigenvalue weighted by Gasteiger charge is 2.39. The minimum Gasteiger partial charge on any atom is -0.322 e. The van der Waals surface area contributed by atoms with Gasteiger partial charge in [-0.3, -0.25) is 24.6 Å². The number of hydrogen-bond donors (Lipinski definition) is 1. The fourth-order valence-corrected chi connectivity index (χ4v) is 5.32. The normalized spacial score (nSPS) is 21.9. The van der Waals surface area contributed by atoms with Crippen molar-refractivity contribution < 1.29 is 18.8 Å². The van der Waals surface area contributed by atoms with E-state index in [9.17, 15) is 18.8 Å². The molecule has 1 atom stereocenters. The highest BCUT2D eigenvalue weighted by Crippen LogP contribution is 2.34. The molecule has 0 aliphatic carbocycles. The first-order chi connectivity index (χ1) is 15.9. The Balaban J connectivity index is 1.23. The highest BCUT2D eigenvalue weighted by atomic mass is 35.5. The van der Waals surface area contributed by atoms with E-state index in [0.717, 1.165) is 31.5 Å². The Kier molecular flexibility index (Phi) is 5.93. The Bertz CT molecular complexity index is 1130. The number of halogens is 2. The Labute approximate surface area is 196 Å². The van der Waals surface area contributed by atoms with Gasteiger partial charge in [-0.05, 0) is 67.6 Å². The minimum atomic E-state index is -0.595. The zero-order valence-corrected chi connectivity index (χ0v) is 18.9. The molecule has 0 bridgehead atoms. The summed E-state index contributed by atoms with van der Waals surface area (Å²) >= 11 is 5.85. The van der Waals surface area contributed by atoms with Gasteiger partial charge in [0.25, 0.3) is 5.91 Å². The van der Waals surface area contributed by atoms with Crippen LogP contribution in [-0.2, 0) is 22.7 Å². The second-order valence-electron chi connectivity index (χ2n) is 9.10. The van der Waals surface area contributed by atoms with Crippen LogP contribution in [0, 0.1) is 5.82 Å². The van der Waals surface area contributed by atoms with Crippen molar-refractivity contribution >= 4 is 29.3 Å². The summed E-state index contributed by atoms with van der Waals surface area (Å²) in [5, 5.41) is 2.74. The molecule has 3 aliphatic rings. The zero-order valence-electron chi connectivity index (χ0n) is 18.2. The number of nitrogens with zero attached hydrogens (tertiary/aromatic N) is 2. The maximum Gasteiger partial charge on any atom is 0.255 e. The summed E-state index contributed by atoms with van der Waals surface area (Å²) in [6.07, 6.45) is 2.53. The lowest BCUT2D eigenvalue weighted by Gasteiger charge is -2.32. The van der Waals surface area contributed by atoms with E-state index in [1.165, 1.54) is 11.6 Å². The maximum absolute atomic E-state index is 14.1. The van der Waals surface area contributed by atoms with Gasteiger partial charge in [-0.25, -0.2) is 4.39 Å². The monoisotopic (exact) mass is 469 g/mol. The van der Waals surface area contributed by atoms with Crippen molar-refractivity contribution in [2.75, 3.05) is 13.1 Å². The summed E-state index contributed by atoms with van der Waals surface area (Å²) in [4.78, 5) is 40.4. The van der Waals surface area contributed by atoms with E-state index >= 15 is 0 Å². The summed E-state index contributed by atoms with van der Waals surface area (Å²) in [7, 11) is 0. The predicted octanol–water partition coefficient (Wildman–Crippen LogP) is 3.62. The molecule has 172 valence electrons. The number of fused-ring (bicyclic) bond motifs is 1. The zero-order chi connectivity index (χ0) is 23.1. The second kappa shape index (κ2) is 8.88. The van der Waals surface area contributed by atoms with Gasteiger partial charge in [0.2, 0.25) is 11.8 Å². The topological polar surface area (TPSA) is 69.7 Å². The third kappa shape index (κ3) is 4.39. The van der Waals surface area contributed by atoms with Crippen molar-refractivity contribution in [1.82, 2.24) is 15.1 Å². The number of benzene rings is 2. The first kappa shape index (κ1) is 22.0. The molecule has 2 saturated heterocycles. The molecule has 8 heteroatoms. The van der Waals surface area contributed by atoms with E-state index in [1.807, 2.05) is 12.1 Å². The summed E-state index contributed by atoms with van der Waals surface area (Å²) in [5.74, 6) is -0.717. The SMILES string of the molecule is O=C1CCC(N2Cc3cc(C4CCN(Cc5ccc(Cl)cc5F)CC4)ccc3C2=O)C(=O)N1. The average Bonchev–Trinajstić information content (AvgIpc) is 3.12. The van der Waals surface area contributed by atoms with Gasteiger partial charge >= 0.3 is 0 Å². The number of amides is 3. The molecule has 2 aromatic carbocycles. The number of carbonyl (C=O) groups is 3. The van der Waals surface area contributed by atoms with Gasteiger partial charge in [0.15, 0.2) is 0 Å². The van der Waals surface area contributed by atoms with Crippen LogP contribution in [0.2, 0.25) is 5.02 Å². The van der Waals surface area contributed by atoms with Gasteiger partial charge in [0.1, 0.15) is 11.9 Å². The number of hydrogen-bond acceptors (Lipinski definition) is 4. The van der Waals surface area contributed by atoms with Crippen molar-refractivity contribution in [3.05, 3.63) is 69.5 Å². The number of rotatable bonds is 4. The molecule has 1 N–H and O–H groups in total. The standard InChI is InChI=1S/C25H25ClFN3O3/c26-19-3-1-17(21(27)12-19)13-29-9-7-15(8-10-29)16-2-4-20-18(11-16)14-30(25(20)33)22-5-6-23(31)28-24(22)32/h1-4,11-12,15,22H,5-10,13-14H2,(H,28,31,32). The lowest BCUT2D eigenvalue weighted by Crippen LogP contribution is -2.52. The molecule has 3 aliphatic heterocycles. The van der Waals surface area contributed by atoms with Gasteiger partial charge in [0, 0.05) is 35.7 Å². The van der Waals surface area contributed by atoms with Crippen molar-refractivity contribution in [2.24, 2.45) is 0 Å². The molecule has 0 spiro atoms. The maximum atomic E-state index is 14.1. The average molecular weight is 470 g/mol. The summed E-state index contributed by atoms with van der Waals surface area (Å²) in [6, 6.07) is 10.2. The lowest BCUT2D eigenvalue weighted by molar-refractivity contribution is -0.136. The molecular weight excluding hydrogens is 445 g/mol. The number of nitrogens with one attached hydrogen (secondary N) is 1. The van der Waals surface area contributed by atoms with Gasteiger partial charge in [0.05, 0.1) is 0 Å². The quantitative estimate of drug-likeness (QED) is 0.694. The lowest BCUT2D eigenvalue weighted by atomic mass is 9.87. The molecule has 5 rings (SSSR count). The van der Waals surface area contributed by atoms with Crippen LogP contribution in [0.1, 0.15) is 58.6 Å². The number of likely N-dealkylation sites (tertiary alicyclic amines) is 1. The van der Waals surface area contributed by atoms with Crippen LogP contribution in [0.5, 0.6) is 0 Å². The van der Waals surface area contributed by atoms with Crippen LogP contribution >= 0.6 is 11.6 Å². The molecule has 2 fully saturated rings. The van der Waals surface area contributed by atoms with Gasteiger partial charge in [-0.2, -0.15) is 0 Å². The molecule has 6 nitrogen and oxygen atoms in total. The van der Waals surface area contributed by atoms with Crippen molar-refractivity contribution in [3.8, 4) is 0 Å². The van der Waals surface area contributed by atoms with E-state index in [2.05, 4.69) is 16.3 Å². The van der Waals surface area contributed by atoms with E-state index in [0.29, 0.717) is 41.6 Å². The minimum absolute atomic E-state index is 0.147. The molecule has 3 amide bonds. The molecular formula is C25H25ClFN3O3. The van der Waals surface area contributed by atoms with E-state index < -0.39 is 11.9 Å². The Morgan fingerprint density at radius 2 is 1.82 bits per heavy atom. The van der Waals surface area contributed by atoms with Crippen LogP contribution in [0.4, 0.5) is 4.39 Å². The molecule has 33 heavy (non-hydrogen) atoms. The Hall–Kier alpha value is -2.77. The molecule has 2 aromatic rings. The van der Waals surface area contributed by atoms with E-state index in [4.69, 9.17) is 11.6 Å². The Morgan fingerprint density at radius 1 is 1.03 bits per heavy atom. The fraction of sp³-hybridized carbons (Fsp3) is 0.400. The third-order valence-electron chi connectivity index (χ3n) is 7.02. The first-order valence-electron chi connectivity index (χ1n) is 11.3. The van der Waals surface area contributed by atoms with Crippen LogP contribution < -0.4 is 5.32 Å². The highest BCUT2D eigenvalue weighted by molar-refractivity contribution is 6.30. The van der Waals surface area contributed by atoms with E-state index in [1.54, 1.807) is 17.0 Å². The molecule has 0 aromatic heterocycles. The van der Waals surface area contributed by atoms with Crippen molar-refractivity contribution in [2.45, 2.75) is 50.7 Å². The van der Waals surface area contributed by atoms with Crippen LogP contribution in [0.15, 0.2) is 36.4 Å². The number of imide groups is 1. The van der Waals surface area contributed by atoms with Crippen LogP contribution in [0.25, 0.3) is 0 Å². The summed E-state index contributed by atoms with van der Waals surface area (Å²) < 4.78 is 14.1. The van der Waals surface area contributed by atoms with Gasteiger partial charge in [-0.15, -0.1) is 0 Å². The fourth-order valence-electron chi connectivity index (χ4n) is 5.16. The Morgan fingerprint density at radius 3 is 2.55 bits per heavy atom. The third-order valence-corrected chi connectivity index (χ3v) is 7.25. The molecule has 1 unspecified atom stereocenters. The molecule has 3 heterocycles. The number of piperidine rings is 2. The second-order valence-corrected chi connectivity index (χ2v) is 9.54. The number of carbonyl (C=O) groups excluding carboxylic acids is 3. The largest absolute Gasteiger partial charge is 0.322 e. The van der Waals surface area contributed by atoms with Crippen LogP contribution in [-0.4, -0.2) is 46.7 Å². The van der Waals surface area contributed by atoms with E-state index in [-0.39, 0.29) is 24.1 Å². The van der Waals surface area contributed by atoms with Crippen LogP contribution in [0.3, 0.4) is 0 Å². The molecule has 0 radical (unpaired) electrons. The summed E-state index contributed by atoms with van der Waals surface area (Å²) in [6.45, 7) is 2.69. The van der Waals surface area contributed by atoms with Crippen molar-refractivity contribution in [1.29, 1.82) is 0 Å².